The number of likely N-dealkylation sites (tertiary alicyclic amines) is 2. The number of carbonyl (C=O) groups is 6. The quantitative estimate of drug-likeness (QED) is 0.0878. The number of amides is 2. The molecule has 0 spiro atoms. The van der Waals surface area contributed by atoms with Crippen LogP contribution >= 0.6 is 57.5 Å². The fourth-order valence-corrected chi connectivity index (χ4v) is 10.0. The summed E-state index contributed by atoms with van der Waals surface area (Å²) < 4.78 is 52.7. The van der Waals surface area contributed by atoms with E-state index in [4.69, 9.17) is 37.4 Å². The largest absolute Gasteiger partial charge is 0.462 e. The maximum atomic E-state index is 14.0. The molecule has 0 aromatic carbocycles. The molecule has 2 amide bonds. The third-order valence-corrected chi connectivity index (χ3v) is 13.5. The van der Waals surface area contributed by atoms with Crippen LogP contribution in [0.25, 0.3) is 20.4 Å². The first-order valence-electron chi connectivity index (χ1n) is 19.9. The summed E-state index contributed by atoms with van der Waals surface area (Å²) in [5, 5.41) is 11.0. The predicted octanol–water partition coefficient (Wildman–Crippen LogP) is 9.04. The van der Waals surface area contributed by atoms with Crippen LogP contribution in [-0.2, 0) is 54.1 Å². The van der Waals surface area contributed by atoms with Crippen LogP contribution < -0.4 is 0 Å². The Labute approximate surface area is 396 Å². The van der Waals surface area contributed by atoms with Crippen molar-refractivity contribution in [2.75, 3.05) is 27.3 Å². The van der Waals surface area contributed by atoms with Gasteiger partial charge in [-0.15, -0.1) is 22.7 Å². The first-order valence-corrected chi connectivity index (χ1v) is 22.7. The lowest BCUT2D eigenvalue weighted by atomic mass is 9.83. The predicted molar refractivity (Wildman–Crippen MR) is 239 cm³/mol. The topological polar surface area (TPSA) is 201 Å². The molecular formula is C42H49Cl3F2N4O12S2. The summed E-state index contributed by atoms with van der Waals surface area (Å²) in [5.74, 6) is -4.68. The van der Waals surface area contributed by atoms with Crippen molar-refractivity contribution in [3.05, 3.63) is 56.0 Å². The van der Waals surface area contributed by atoms with Crippen molar-refractivity contribution >= 4 is 113 Å². The number of aromatic nitrogens is 2. The average molecular weight is 1010 g/mol. The van der Waals surface area contributed by atoms with Gasteiger partial charge in [0.05, 0.1) is 53.6 Å². The molecule has 4 unspecified atom stereocenters. The van der Waals surface area contributed by atoms with Gasteiger partial charge in [0, 0.05) is 28.7 Å². The number of ether oxygens (including phenoxy) is 5. The average Bonchev–Trinajstić information content (AvgIpc) is 3.88. The van der Waals surface area contributed by atoms with Crippen molar-refractivity contribution in [2.45, 2.75) is 116 Å². The minimum Gasteiger partial charge on any atom is -0.462 e. The summed E-state index contributed by atoms with van der Waals surface area (Å²) in [6.07, 6.45) is 2.94. The first-order chi connectivity index (χ1) is 30.1. The van der Waals surface area contributed by atoms with Crippen LogP contribution in [-0.4, -0.2) is 111 Å². The molecule has 0 radical (unpaired) electrons. The van der Waals surface area contributed by atoms with E-state index >= 15 is 0 Å². The highest BCUT2D eigenvalue weighted by Crippen LogP contribution is 2.47. The molecule has 4 aromatic rings. The van der Waals surface area contributed by atoms with E-state index in [2.05, 4.69) is 31.0 Å². The zero-order valence-corrected chi connectivity index (χ0v) is 41.0. The number of halogens is 5. The molecule has 2 aliphatic heterocycles. The summed E-state index contributed by atoms with van der Waals surface area (Å²) in [4.78, 5) is 82.4. The Morgan fingerprint density at radius 1 is 0.723 bits per heavy atom. The van der Waals surface area contributed by atoms with Gasteiger partial charge in [0.25, 0.3) is 0 Å². The monoisotopic (exact) mass is 1010 g/mol. The second-order valence-corrected chi connectivity index (χ2v) is 20.0. The standard InChI is InChI=1S/C21H24ClFN2O6S.C18H22ClFN2O3S.C3H3ClO3/c1-11-21(30-18(27)17(26)29-5,7-6-8-25(11)19(28)31-20(2,3)4)14-9-12-15(22)13(23)10-24-16(12)32-14;1-10-18(24,6-5-7-22(10)16(23)25-17(2,3)4)13-8-11-14(19)12(20)9-21-15(11)26-13;1-7-3(6)2(4)5/h9-11H,6-8H2,1-5H3;8-10,24H,5-7H2,1-4H3;1H3. The Balaban J connectivity index is 0.000000252. The highest BCUT2D eigenvalue weighted by atomic mass is 35.5. The normalized spacial score (nSPS) is 21.0. The molecule has 23 heteroatoms. The Morgan fingerprint density at radius 3 is 1.58 bits per heavy atom. The van der Waals surface area contributed by atoms with Gasteiger partial charge in [-0.25, -0.2) is 42.7 Å². The molecule has 16 nitrogen and oxygen atoms in total. The molecule has 65 heavy (non-hydrogen) atoms. The van der Waals surface area contributed by atoms with E-state index in [9.17, 15) is 42.7 Å². The van der Waals surface area contributed by atoms with E-state index < -0.39 is 81.5 Å². The fraction of sp³-hybridized carbons (Fsp3) is 0.524. The van der Waals surface area contributed by atoms with Crippen LogP contribution in [0.5, 0.6) is 0 Å². The zero-order valence-electron chi connectivity index (χ0n) is 37.1. The molecule has 4 aromatic heterocycles. The molecule has 0 bridgehead atoms. The first kappa shape index (κ1) is 53.1. The van der Waals surface area contributed by atoms with Crippen molar-refractivity contribution in [1.82, 2.24) is 19.8 Å². The summed E-state index contributed by atoms with van der Waals surface area (Å²) in [5.41, 5.74) is -4.02. The lowest BCUT2D eigenvalue weighted by Gasteiger charge is -2.46. The molecular weight excluding hydrogens is 961 g/mol. The molecule has 2 aliphatic rings. The Morgan fingerprint density at radius 2 is 1.15 bits per heavy atom. The molecule has 2 saturated heterocycles. The smallest absolute Gasteiger partial charge is 0.418 e. The van der Waals surface area contributed by atoms with Gasteiger partial charge in [-0.1, -0.05) is 23.2 Å². The van der Waals surface area contributed by atoms with Gasteiger partial charge in [0.15, 0.2) is 17.2 Å². The number of rotatable bonds is 4. The highest BCUT2D eigenvalue weighted by Gasteiger charge is 2.52. The van der Waals surface area contributed by atoms with Gasteiger partial charge in [-0.2, -0.15) is 0 Å². The van der Waals surface area contributed by atoms with Gasteiger partial charge in [-0.05, 0) is 105 Å². The number of piperidine rings is 2. The Hall–Kier alpha value is -4.47. The van der Waals surface area contributed by atoms with Crippen LogP contribution in [0.4, 0.5) is 18.4 Å². The maximum Gasteiger partial charge on any atom is 0.418 e. The van der Waals surface area contributed by atoms with Gasteiger partial charge in [0.1, 0.15) is 26.5 Å². The number of nitrogens with zero attached hydrogens (tertiary/aromatic N) is 4. The molecule has 4 atom stereocenters. The number of hydrogen-bond donors (Lipinski definition) is 1. The van der Waals surface area contributed by atoms with Crippen molar-refractivity contribution in [1.29, 1.82) is 0 Å². The van der Waals surface area contributed by atoms with Crippen LogP contribution in [0, 0.1) is 11.6 Å². The number of carbonyl (C=O) groups excluding carboxylic acids is 6. The zero-order chi connectivity index (χ0) is 49.0. The SMILES string of the molecule is CC1N(C(=O)OC(C)(C)C)CCCC1(O)c1cc2c(Cl)c(F)cnc2s1.COC(=O)C(=O)Cl.COC(=O)C(=O)OC1(c2cc3c(Cl)c(F)cnc3s2)CCCN(C(=O)OC(C)(C)C)C1C. The lowest BCUT2D eigenvalue weighted by Crippen LogP contribution is -2.58. The van der Waals surface area contributed by atoms with Crippen molar-refractivity contribution in [3.63, 3.8) is 0 Å². The minimum absolute atomic E-state index is 0.00596. The van der Waals surface area contributed by atoms with E-state index in [1.54, 1.807) is 72.4 Å². The third-order valence-electron chi connectivity index (χ3n) is 10.2. The fourth-order valence-electron chi connectivity index (χ4n) is 6.99. The highest BCUT2D eigenvalue weighted by molar-refractivity contribution is 7.19. The molecule has 356 valence electrons. The molecule has 0 aliphatic carbocycles. The number of hydrogen-bond acceptors (Lipinski definition) is 16. The van der Waals surface area contributed by atoms with Crippen LogP contribution in [0.1, 0.15) is 90.8 Å². The maximum absolute atomic E-state index is 14.0. The van der Waals surface area contributed by atoms with Crippen LogP contribution in [0.2, 0.25) is 10.0 Å². The Kier molecular flexibility index (Phi) is 17.2. The summed E-state index contributed by atoms with van der Waals surface area (Å²) in [6, 6.07) is 2.05. The Bertz CT molecular complexity index is 2460. The summed E-state index contributed by atoms with van der Waals surface area (Å²) in [7, 11) is 2.15. The van der Waals surface area contributed by atoms with Crippen molar-refractivity contribution < 1.29 is 66.3 Å². The second-order valence-electron chi connectivity index (χ2n) is 16.9. The number of methoxy groups -OCH3 is 2. The van der Waals surface area contributed by atoms with Crippen molar-refractivity contribution in [3.8, 4) is 0 Å². The molecule has 2 fully saturated rings. The summed E-state index contributed by atoms with van der Waals surface area (Å²) >= 11 is 19.2. The van der Waals surface area contributed by atoms with Gasteiger partial charge < -0.3 is 38.6 Å². The van der Waals surface area contributed by atoms with E-state index in [-0.39, 0.29) is 10.0 Å². The van der Waals surface area contributed by atoms with Crippen LogP contribution in [0.15, 0.2) is 24.5 Å². The van der Waals surface area contributed by atoms with Crippen LogP contribution in [0.3, 0.4) is 0 Å². The number of pyridine rings is 2. The summed E-state index contributed by atoms with van der Waals surface area (Å²) in [6.45, 7) is 15.0. The van der Waals surface area contributed by atoms with E-state index in [1.165, 1.54) is 16.2 Å². The number of aliphatic hydroxyl groups is 1. The van der Waals surface area contributed by atoms with E-state index in [0.717, 1.165) is 38.0 Å². The number of fused-ring (bicyclic) bond motifs is 2. The minimum atomic E-state index is -1.41. The lowest BCUT2D eigenvalue weighted by molar-refractivity contribution is -0.186. The molecule has 0 saturated carbocycles. The molecule has 6 heterocycles. The van der Waals surface area contributed by atoms with E-state index in [0.29, 0.717) is 69.0 Å². The van der Waals surface area contributed by atoms with E-state index in [1.807, 2.05) is 0 Å². The van der Waals surface area contributed by atoms with Gasteiger partial charge in [-0.3, -0.25) is 4.79 Å². The third kappa shape index (κ3) is 12.3. The number of thiophene rings is 2. The molecule has 1 N–H and O–H groups in total. The molecule has 6 rings (SSSR count). The van der Waals surface area contributed by atoms with Gasteiger partial charge in [0.2, 0.25) is 0 Å². The van der Waals surface area contributed by atoms with Crippen molar-refractivity contribution in [2.24, 2.45) is 0 Å². The number of esters is 3. The second kappa shape index (κ2) is 21.0. The van der Waals surface area contributed by atoms with Gasteiger partial charge >= 0.3 is 35.3 Å².